The second-order valence-electron chi connectivity index (χ2n) is 14.8. The predicted molar refractivity (Wildman–Crippen MR) is 222 cm³/mol. The summed E-state index contributed by atoms with van der Waals surface area (Å²) in [5.74, 6) is -1.57. The van der Waals surface area contributed by atoms with Gasteiger partial charge < -0.3 is 39.5 Å². The van der Waals surface area contributed by atoms with Crippen LogP contribution in [-0.4, -0.2) is 59.4 Å². The molecule has 0 radical (unpaired) electrons. The first-order valence-electron chi connectivity index (χ1n) is 21.7. The van der Waals surface area contributed by atoms with Gasteiger partial charge in [-0.1, -0.05) is 194 Å². The third-order valence-corrected chi connectivity index (χ3v) is 9.76. The van der Waals surface area contributed by atoms with Crippen molar-refractivity contribution in [2.24, 2.45) is 0 Å². The molecule has 0 unspecified atom stereocenters. The summed E-state index contributed by atoms with van der Waals surface area (Å²) in [6, 6.07) is 1.41. The molecule has 0 saturated heterocycles. The maximum absolute atomic E-state index is 10.2. The van der Waals surface area contributed by atoms with E-state index in [9.17, 15) is 30.0 Å². The van der Waals surface area contributed by atoms with Crippen molar-refractivity contribution < 1.29 is 39.5 Å². The average molecular weight is 775 g/mol. The summed E-state index contributed by atoms with van der Waals surface area (Å²) in [7, 11) is 2.79. The Morgan fingerprint density at radius 2 is 0.722 bits per heavy atom. The number of carbonyl (C=O) groups excluding carboxylic acids is 2. The van der Waals surface area contributed by atoms with Gasteiger partial charge in [-0.2, -0.15) is 0 Å². The molecule has 0 atom stereocenters. The Hall–Kier alpha value is -1.87. The van der Waals surface area contributed by atoms with Gasteiger partial charge >= 0.3 is 23.1 Å². The Kier molecular flexibility index (Phi) is 45.8. The Morgan fingerprint density at radius 3 is 0.944 bits per heavy atom. The molecule has 9 heteroatoms. The molecule has 0 bridgehead atoms. The molecule has 0 amide bonds. The van der Waals surface area contributed by atoms with E-state index in [2.05, 4.69) is 13.8 Å². The van der Waals surface area contributed by atoms with Crippen molar-refractivity contribution in [1.82, 2.24) is 0 Å². The standard InChI is InChI=1S/2C18H36O2.C9H12O4.Mg/c2*1-2-3-4-5-6-7-8-9-10-11-12-13-14-15-16-17-18(19)20;1-5-4-6(10)8(12-2)9(13-3)7(5)11;/h2*2-17H2,1H3,(H,19,20);4,10-11H,1-3H3;/q;;;+2/p-2. The van der Waals surface area contributed by atoms with E-state index >= 15 is 0 Å². The first kappa shape index (κ1) is 56.5. The molecule has 0 saturated carbocycles. The number of aromatic hydroxyl groups is 2. The Balaban J connectivity index is -0.000000732. The molecule has 0 aliphatic heterocycles. The molecule has 312 valence electrons. The third kappa shape index (κ3) is 38.4. The molecule has 0 spiro atoms. The molecule has 0 aliphatic rings. The quantitative estimate of drug-likeness (QED) is 0.0401. The van der Waals surface area contributed by atoms with E-state index in [4.69, 9.17) is 9.47 Å². The number of hydrogen-bond acceptors (Lipinski definition) is 8. The number of unbranched alkanes of at least 4 members (excludes halogenated alkanes) is 28. The first-order valence-corrected chi connectivity index (χ1v) is 21.7. The van der Waals surface area contributed by atoms with Gasteiger partial charge in [0.1, 0.15) is 0 Å². The number of aliphatic carboxylic acids is 2. The molecule has 54 heavy (non-hydrogen) atoms. The smallest absolute Gasteiger partial charge is 0.550 e. The van der Waals surface area contributed by atoms with E-state index < -0.39 is 11.9 Å². The topological polar surface area (TPSA) is 139 Å². The number of ether oxygens (including phenoxy) is 2. The van der Waals surface area contributed by atoms with Crippen LogP contribution in [-0.2, 0) is 9.59 Å². The zero-order valence-corrected chi connectivity index (χ0v) is 37.2. The van der Waals surface area contributed by atoms with Gasteiger partial charge in [0.25, 0.3) is 0 Å². The first-order chi connectivity index (χ1) is 25.7. The van der Waals surface area contributed by atoms with E-state index in [1.54, 1.807) is 6.92 Å². The van der Waals surface area contributed by atoms with E-state index in [0.717, 1.165) is 25.7 Å². The fourth-order valence-corrected chi connectivity index (χ4v) is 6.41. The summed E-state index contributed by atoms with van der Waals surface area (Å²) in [5.41, 5.74) is 0.537. The number of aryl methyl sites for hydroxylation is 1. The minimum absolute atomic E-state index is 0. The van der Waals surface area contributed by atoms with E-state index in [1.807, 2.05) is 0 Å². The molecule has 1 aromatic carbocycles. The van der Waals surface area contributed by atoms with Gasteiger partial charge in [0.2, 0.25) is 11.5 Å². The van der Waals surface area contributed by atoms with Crippen LogP contribution in [0, 0.1) is 6.92 Å². The van der Waals surface area contributed by atoms with Gasteiger partial charge in [-0.05, 0) is 44.2 Å². The summed E-state index contributed by atoms with van der Waals surface area (Å²) < 4.78 is 9.76. The molecular weight excluding hydrogens is 693 g/mol. The molecule has 8 nitrogen and oxygen atoms in total. The van der Waals surface area contributed by atoms with Crippen molar-refractivity contribution in [3.8, 4) is 23.0 Å². The van der Waals surface area contributed by atoms with E-state index in [1.165, 1.54) is 187 Å². The second-order valence-corrected chi connectivity index (χ2v) is 14.8. The number of carboxylic acid groups (broad SMARTS) is 2. The second kappa shape index (κ2) is 43.8. The number of phenols is 2. The van der Waals surface area contributed by atoms with Gasteiger partial charge in [0.05, 0.1) is 14.2 Å². The minimum atomic E-state index is -0.903. The largest absolute Gasteiger partial charge is 2.00 e. The predicted octanol–water partition coefficient (Wildman–Crippen LogP) is 11.0. The van der Waals surface area contributed by atoms with Gasteiger partial charge in [-0.3, -0.25) is 0 Å². The van der Waals surface area contributed by atoms with Crippen LogP contribution in [0.25, 0.3) is 0 Å². The molecule has 0 aliphatic carbocycles. The fourth-order valence-electron chi connectivity index (χ4n) is 6.41. The van der Waals surface area contributed by atoms with Crippen LogP contribution in [0.5, 0.6) is 23.0 Å². The van der Waals surface area contributed by atoms with Crippen LogP contribution >= 0.6 is 0 Å². The monoisotopic (exact) mass is 775 g/mol. The zero-order valence-electron chi connectivity index (χ0n) is 35.8. The van der Waals surface area contributed by atoms with Crippen LogP contribution in [0.2, 0.25) is 0 Å². The summed E-state index contributed by atoms with van der Waals surface area (Å²) in [6.45, 7) is 6.20. The number of hydrogen-bond donors (Lipinski definition) is 2. The van der Waals surface area contributed by atoms with Crippen LogP contribution in [0.1, 0.15) is 225 Å². The number of phenolic OH excluding ortho intramolecular Hbond substituents is 2. The molecule has 0 fully saturated rings. The zero-order chi connectivity index (χ0) is 39.8. The van der Waals surface area contributed by atoms with Gasteiger partial charge in [0, 0.05) is 11.9 Å². The minimum Gasteiger partial charge on any atom is -0.550 e. The number of carboxylic acids is 2. The van der Waals surface area contributed by atoms with E-state index in [0.29, 0.717) is 5.56 Å². The van der Waals surface area contributed by atoms with Crippen molar-refractivity contribution in [3.63, 3.8) is 0 Å². The fraction of sp³-hybridized carbons (Fsp3) is 0.822. The van der Waals surface area contributed by atoms with Crippen molar-refractivity contribution >= 4 is 35.0 Å². The number of carbonyl (C=O) groups is 2. The van der Waals surface area contributed by atoms with Crippen LogP contribution in [0.3, 0.4) is 0 Å². The van der Waals surface area contributed by atoms with Crippen molar-refractivity contribution in [3.05, 3.63) is 11.6 Å². The van der Waals surface area contributed by atoms with Crippen LogP contribution in [0.15, 0.2) is 6.07 Å². The van der Waals surface area contributed by atoms with Crippen molar-refractivity contribution in [2.45, 2.75) is 226 Å². The van der Waals surface area contributed by atoms with Gasteiger partial charge in [0.15, 0.2) is 11.5 Å². The van der Waals surface area contributed by atoms with Crippen molar-refractivity contribution in [1.29, 1.82) is 0 Å². The normalized spacial score (nSPS) is 10.4. The number of rotatable bonds is 34. The Bertz CT molecular complexity index is 927. The summed E-state index contributed by atoms with van der Waals surface area (Å²) in [5, 5.41) is 39.4. The summed E-state index contributed by atoms with van der Waals surface area (Å²) >= 11 is 0. The third-order valence-electron chi connectivity index (χ3n) is 9.76. The molecule has 2 N–H and O–H groups in total. The molecule has 0 heterocycles. The van der Waals surface area contributed by atoms with Crippen molar-refractivity contribution in [2.75, 3.05) is 14.2 Å². The summed E-state index contributed by atoms with van der Waals surface area (Å²) in [6.07, 6.45) is 39.7. The summed E-state index contributed by atoms with van der Waals surface area (Å²) in [4.78, 5) is 20.4. The molecular formula is C45H82MgO8. The number of benzene rings is 1. The van der Waals surface area contributed by atoms with Crippen LogP contribution < -0.4 is 19.7 Å². The Labute approximate surface area is 348 Å². The SMILES string of the molecule is CCCCCCCCCCCCCCCCCC(=O)[O-].CCCCCCCCCCCCCCCCCC(=O)[O-].COc1c(O)cc(C)c(O)c1OC.[Mg+2]. The molecule has 1 rings (SSSR count). The maximum atomic E-state index is 10.2. The molecule has 1 aromatic rings. The Morgan fingerprint density at radius 1 is 0.481 bits per heavy atom. The van der Waals surface area contributed by atoms with Gasteiger partial charge in [-0.15, -0.1) is 0 Å². The average Bonchev–Trinajstić information content (AvgIpc) is 3.13. The maximum Gasteiger partial charge on any atom is 2.00 e. The van der Waals surface area contributed by atoms with E-state index in [-0.39, 0.29) is 58.9 Å². The van der Waals surface area contributed by atoms with Gasteiger partial charge in [-0.25, -0.2) is 0 Å². The number of methoxy groups -OCH3 is 2. The molecule has 0 aromatic heterocycles. The van der Waals surface area contributed by atoms with Crippen LogP contribution in [0.4, 0.5) is 0 Å².